The van der Waals surface area contributed by atoms with Gasteiger partial charge in [-0.25, -0.2) is 0 Å². The highest BCUT2D eigenvalue weighted by Gasteiger charge is 2.23. The Hall–Kier alpha value is -3.30. The monoisotopic (exact) mass is 277 g/mol. The minimum absolute atomic E-state index is 0.0206. The third-order valence-corrected chi connectivity index (χ3v) is 3.19. The Balaban J connectivity index is 2.25. The van der Waals surface area contributed by atoms with Gasteiger partial charge in [-0.15, -0.1) is 0 Å². The number of nitrogens with one attached hydrogen (secondary N) is 2. The van der Waals surface area contributed by atoms with E-state index in [1.54, 1.807) is 30.3 Å². The maximum Gasteiger partial charge on any atom is 0.220 e. The fourth-order valence-electron chi connectivity index (χ4n) is 2.14. The maximum absolute atomic E-state index is 11.3. The van der Waals surface area contributed by atoms with Gasteiger partial charge in [0.2, 0.25) is 5.91 Å². The van der Waals surface area contributed by atoms with Crippen LogP contribution in [0.2, 0.25) is 0 Å². The van der Waals surface area contributed by atoms with Crippen molar-refractivity contribution in [1.82, 2.24) is 5.32 Å². The SMILES string of the molecule is N#CC(C#N)=C(C#N)Nc1cccc(C2CNC(=O)C2)c1. The van der Waals surface area contributed by atoms with Crippen LogP contribution in [0.25, 0.3) is 0 Å². The van der Waals surface area contributed by atoms with Gasteiger partial charge >= 0.3 is 0 Å². The van der Waals surface area contributed by atoms with Gasteiger partial charge in [0.05, 0.1) is 0 Å². The summed E-state index contributed by atoms with van der Waals surface area (Å²) in [7, 11) is 0. The molecule has 1 unspecified atom stereocenters. The molecule has 1 fully saturated rings. The van der Waals surface area contributed by atoms with Gasteiger partial charge in [-0.2, -0.15) is 15.8 Å². The Labute approximate surface area is 121 Å². The van der Waals surface area contributed by atoms with E-state index in [0.717, 1.165) is 5.56 Å². The molecule has 102 valence electrons. The second-order valence-electron chi connectivity index (χ2n) is 4.54. The minimum atomic E-state index is -0.263. The summed E-state index contributed by atoms with van der Waals surface area (Å²) in [5, 5.41) is 32.1. The van der Waals surface area contributed by atoms with Gasteiger partial charge in [0.1, 0.15) is 23.9 Å². The largest absolute Gasteiger partial charge is 0.355 e. The quantitative estimate of drug-likeness (QED) is 0.813. The number of hydrogen-bond acceptors (Lipinski definition) is 5. The summed E-state index contributed by atoms with van der Waals surface area (Å²) in [6.45, 7) is 0.588. The predicted octanol–water partition coefficient (Wildman–Crippen LogP) is 1.53. The van der Waals surface area contributed by atoms with Gasteiger partial charge < -0.3 is 10.6 Å². The van der Waals surface area contributed by atoms with E-state index < -0.39 is 0 Å². The number of hydrogen-bond donors (Lipinski definition) is 2. The fraction of sp³-hybridized carbons (Fsp3) is 0.200. The lowest BCUT2D eigenvalue weighted by atomic mass is 9.98. The Morgan fingerprint density at radius 3 is 2.57 bits per heavy atom. The number of anilines is 1. The molecule has 2 rings (SSSR count). The van der Waals surface area contributed by atoms with Crippen LogP contribution in [0.3, 0.4) is 0 Å². The molecule has 1 saturated heterocycles. The van der Waals surface area contributed by atoms with Crippen LogP contribution in [-0.2, 0) is 4.79 Å². The lowest BCUT2D eigenvalue weighted by molar-refractivity contribution is -0.119. The second-order valence-corrected chi connectivity index (χ2v) is 4.54. The Bertz CT molecular complexity index is 714. The number of carbonyl (C=O) groups is 1. The Morgan fingerprint density at radius 2 is 2.00 bits per heavy atom. The van der Waals surface area contributed by atoms with E-state index in [-0.39, 0.29) is 23.1 Å². The Kier molecular flexibility index (Phi) is 4.19. The molecule has 6 heteroatoms. The molecule has 2 N–H and O–H groups in total. The van der Waals surface area contributed by atoms with E-state index in [9.17, 15) is 4.79 Å². The van der Waals surface area contributed by atoms with Crippen LogP contribution in [0.4, 0.5) is 5.69 Å². The number of nitrogens with zero attached hydrogens (tertiary/aromatic N) is 3. The number of rotatable bonds is 3. The molecule has 1 atom stereocenters. The molecule has 0 bridgehead atoms. The molecule has 6 nitrogen and oxygen atoms in total. The van der Waals surface area contributed by atoms with Crippen molar-refractivity contribution < 1.29 is 4.79 Å². The van der Waals surface area contributed by atoms with Crippen LogP contribution in [0.15, 0.2) is 35.5 Å². The number of amides is 1. The van der Waals surface area contributed by atoms with E-state index >= 15 is 0 Å². The first kappa shape index (κ1) is 14.1. The summed E-state index contributed by atoms with van der Waals surface area (Å²) in [5.41, 5.74) is 1.22. The summed E-state index contributed by atoms with van der Waals surface area (Å²) in [4.78, 5) is 11.3. The van der Waals surface area contributed by atoms with Crippen molar-refractivity contribution in [3.05, 3.63) is 41.1 Å². The summed E-state index contributed by atoms with van der Waals surface area (Å²) < 4.78 is 0. The lowest BCUT2D eigenvalue weighted by Gasteiger charge is -2.11. The maximum atomic E-state index is 11.3. The van der Waals surface area contributed by atoms with E-state index in [1.165, 1.54) is 0 Å². The molecule has 0 saturated carbocycles. The van der Waals surface area contributed by atoms with Gasteiger partial charge in [0.25, 0.3) is 0 Å². The molecule has 1 aromatic carbocycles. The molecular formula is C15H11N5O. The fourth-order valence-corrected chi connectivity index (χ4v) is 2.14. The van der Waals surface area contributed by atoms with Crippen molar-refractivity contribution in [3.8, 4) is 18.2 Å². The van der Waals surface area contributed by atoms with Gasteiger partial charge in [0, 0.05) is 24.6 Å². The number of benzene rings is 1. The topological polar surface area (TPSA) is 112 Å². The van der Waals surface area contributed by atoms with Crippen molar-refractivity contribution in [3.63, 3.8) is 0 Å². The molecular weight excluding hydrogens is 266 g/mol. The zero-order chi connectivity index (χ0) is 15.2. The van der Waals surface area contributed by atoms with Crippen molar-refractivity contribution in [2.75, 3.05) is 11.9 Å². The lowest BCUT2D eigenvalue weighted by Crippen LogP contribution is -2.13. The van der Waals surface area contributed by atoms with Gasteiger partial charge in [0.15, 0.2) is 5.57 Å². The molecule has 21 heavy (non-hydrogen) atoms. The highest BCUT2D eigenvalue weighted by atomic mass is 16.1. The van der Waals surface area contributed by atoms with Crippen LogP contribution in [0.5, 0.6) is 0 Å². The zero-order valence-corrected chi connectivity index (χ0v) is 11.1. The number of carbonyl (C=O) groups excluding carboxylic acids is 1. The van der Waals surface area contributed by atoms with Crippen LogP contribution < -0.4 is 10.6 Å². The Morgan fingerprint density at radius 1 is 1.24 bits per heavy atom. The third-order valence-electron chi connectivity index (χ3n) is 3.19. The summed E-state index contributed by atoms with van der Waals surface area (Å²) in [5.74, 6) is 0.118. The van der Waals surface area contributed by atoms with Gasteiger partial charge in [-0.05, 0) is 17.7 Å². The molecule has 1 aliphatic rings. The van der Waals surface area contributed by atoms with Crippen molar-refractivity contribution in [2.24, 2.45) is 0 Å². The number of nitriles is 3. The highest BCUT2D eigenvalue weighted by Crippen LogP contribution is 2.25. The molecule has 1 heterocycles. The molecule has 0 aromatic heterocycles. The molecule has 0 spiro atoms. The van der Waals surface area contributed by atoms with Gasteiger partial charge in [-0.1, -0.05) is 12.1 Å². The molecule has 0 aliphatic carbocycles. The predicted molar refractivity (Wildman–Crippen MR) is 74.3 cm³/mol. The second kappa shape index (κ2) is 6.23. The minimum Gasteiger partial charge on any atom is -0.355 e. The summed E-state index contributed by atoms with van der Waals surface area (Å²) in [6.07, 6.45) is 0.437. The first-order chi connectivity index (χ1) is 10.2. The smallest absolute Gasteiger partial charge is 0.220 e. The van der Waals surface area contributed by atoms with E-state index in [0.29, 0.717) is 18.7 Å². The normalized spacial score (nSPS) is 16.0. The van der Waals surface area contributed by atoms with Crippen LogP contribution in [-0.4, -0.2) is 12.5 Å². The summed E-state index contributed by atoms with van der Waals surface area (Å²) >= 11 is 0. The molecule has 0 radical (unpaired) electrons. The highest BCUT2D eigenvalue weighted by molar-refractivity contribution is 5.79. The standard InChI is InChI=1S/C15H11N5O/c16-6-12(7-17)14(8-18)20-13-3-1-2-10(4-13)11-5-15(21)19-9-11/h1-4,11,20H,5,9H2,(H,19,21). The van der Waals surface area contributed by atoms with Crippen LogP contribution >= 0.6 is 0 Å². The third kappa shape index (κ3) is 3.18. The number of allylic oxidation sites excluding steroid dienone is 2. The van der Waals surface area contributed by atoms with Crippen LogP contribution in [0.1, 0.15) is 17.9 Å². The summed E-state index contributed by atoms with van der Waals surface area (Å²) in [6, 6.07) is 12.4. The average Bonchev–Trinajstić information content (AvgIpc) is 2.94. The van der Waals surface area contributed by atoms with Crippen molar-refractivity contribution in [1.29, 1.82) is 15.8 Å². The van der Waals surface area contributed by atoms with Crippen LogP contribution in [0, 0.1) is 34.0 Å². The van der Waals surface area contributed by atoms with Crippen molar-refractivity contribution in [2.45, 2.75) is 12.3 Å². The molecule has 1 amide bonds. The first-order valence-electron chi connectivity index (χ1n) is 6.26. The molecule has 1 aromatic rings. The molecule has 1 aliphatic heterocycles. The van der Waals surface area contributed by atoms with E-state index in [1.807, 2.05) is 12.1 Å². The van der Waals surface area contributed by atoms with E-state index in [4.69, 9.17) is 15.8 Å². The van der Waals surface area contributed by atoms with Crippen molar-refractivity contribution >= 4 is 11.6 Å². The first-order valence-corrected chi connectivity index (χ1v) is 6.26. The van der Waals surface area contributed by atoms with Gasteiger partial charge in [-0.3, -0.25) is 4.79 Å². The average molecular weight is 277 g/mol. The zero-order valence-electron chi connectivity index (χ0n) is 11.1. The van der Waals surface area contributed by atoms with E-state index in [2.05, 4.69) is 10.6 Å².